The summed E-state index contributed by atoms with van der Waals surface area (Å²) in [7, 11) is 1.55. The fraction of sp³-hybridized carbons (Fsp3) is 0.476. The number of aromatic hydroxyl groups is 1. The Morgan fingerprint density at radius 2 is 1.89 bits per heavy atom. The number of benzene rings is 3. The normalized spacial score (nSPS) is 33.2. The number of aliphatic hydroxyl groups excluding tert-OH is 1. The monoisotopic (exact) mass is 797 g/mol. The van der Waals surface area contributed by atoms with Gasteiger partial charge in [0.1, 0.15) is 29.4 Å². The van der Waals surface area contributed by atoms with E-state index in [-0.39, 0.29) is 38.1 Å². The Balaban J connectivity index is 1.19. The Hall–Kier alpha value is -4.51. The molecular formula is C42H43N3O11S. The second-order valence-electron chi connectivity index (χ2n) is 16.8. The SMILES string of the molecule is COc1c(C)cc2c(c1O)[C@H]1[C@@H]3[C@@H]4SC[C@]5(N[C@H](CO)Cc6c5oc5ccccc65)C(=O)OC[C@@H](c5c6c(c(C)c(OC(C)=O)c54)OCO6)N3C3(O)CN1[C@]2(C)C3. The third kappa shape index (κ3) is 4.39. The van der Waals surface area contributed by atoms with Crippen molar-refractivity contribution in [1.29, 1.82) is 0 Å². The highest BCUT2D eigenvalue weighted by atomic mass is 32.2. The predicted octanol–water partition coefficient (Wildman–Crippen LogP) is 4.25. The van der Waals surface area contributed by atoms with Crippen LogP contribution in [0.5, 0.6) is 28.7 Å². The molecule has 1 spiro atoms. The van der Waals surface area contributed by atoms with Crippen molar-refractivity contribution in [3.05, 3.63) is 75.0 Å². The summed E-state index contributed by atoms with van der Waals surface area (Å²) in [5.41, 5.74) is 2.13. The number of aliphatic hydroxyl groups is 2. The molecule has 1 unspecified atom stereocenters. The first-order valence-corrected chi connectivity index (χ1v) is 20.4. The number of carbonyl (C=O) groups excluding carboxylic acids is 2. The molecule has 9 heterocycles. The molecule has 8 atom stereocenters. The van der Waals surface area contributed by atoms with Gasteiger partial charge in [-0.2, -0.15) is 0 Å². The number of phenols is 1. The van der Waals surface area contributed by atoms with E-state index in [0.29, 0.717) is 63.9 Å². The number of thioether (sulfide) groups is 1. The van der Waals surface area contributed by atoms with E-state index >= 15 is 0 Å². The van der Waals surface area contributed by atoms with E-state index in [0.717, 1.165) is 27.6 Å². The predicted molar refractivity (Wildman–Crippen MR) is 205 cm³/mol. The van der Waals surface area contributed by atoms with Gasteiger partial charge in [0, 0.05) is 76.5 Å². The van der Waals surface area contributed by atoms with Gasteiger partial charge < -0.3 is 43.4 Å². The number of methoxy groups -OCH3 is 1. The fourth-order valence-electron chi connectivity index (χ4n) is 11.7. The van der Waals surface area contributed by atoms with Gasteiger partial charge in [0.2, 0.25) is 6.79 Å². The van der Waals surface area contributed by atoms with E-state index in [9.17, 15) is 24.9 Å². The van der Waals surface area contributed by atoms with E-state index < -0.39 is 58.2 Å². The van der Waals surface area contributed by atoms with Crippen molar-refractivity contribution < 1.29 is 53.0 Å². The van der Waals surface area contributed by atoms with Gasteiger partial charge in [-0.25, -0.2) is 4.79 Å². The Bertz CT molecular complexity index is 2470. The molecule has 1 aromatic heterocycles. The first kappa shape index (κ1) is 35.6. The molecule has 4 N–H and O–H groups in total. The molecule has 0 radical (unpaired) electrons. The molecule has 14 nitrogen and oxygen atoms in total. The standard InChI is InChI=1S/C42H43N3O11S/c1-18-10-24-27(32(48)33(18)51-5)30-31-37-29-28(36-35(53-17-54-36)19(2)34(29)55-20(3)47)25(45(31)41(50)14-40(24,4)44(30)15-41)13-52-39(49)42(16-57-37)38-23(11-21(12-46)43-42)22-8-6-7-9-26(22)56-38/h6-10,21,25,30-31,37,43,46,48,50H,11-17H2,1-5H3/t21-,25-,30-,31+,37+,40+,41?,42+/m0/s1. The smallest absolute Gasteiger partial charge is 0.335 e. The summed E-state index contributed by atoms with van der Waals surface area (Å²) in [5.74, 6) is 1.05. The molecule has 8 aliphatic rings. The van der Waals surface area contributed by atoms with Crippen molar-refractivity contribution in [3.8, 4) is 28.7 Å². The second kappa shape index (κ2) is 11.8. The Morgan fingerprint density at radius 1 is 1.11 bits per heavy atom. The fourth-order valence-corrected chi connectivity index (χ4v) is 13.3. The van der Waals surface area contributed by atoms with Crippen LogP contribution in [0.25, 0.3) is 11.0 Å². The van der Waals surface area contributed by atoms with Crippen molar-refractivity contribution in [2.75, 3.05) is 39.4 Å². The Labute approximate surface area is 331 Å². The number of rotatable bonds is 3. The summed E-state index contributed by atoms with van der Waals surface area (Å²) in [4.78, 5) is 32.4. The zero-order valence-corrected chi connectivity index (χ0v) is 33.0. The highest BCUT2D eigenvalue weighted by Gasteiger charge is 2.72. The number of furan rings is 1. The third-order valence-corrected chi connectivity index (χ3v) is 15.2. The topological polar surface area (TPSA) is 173 Å². The zero-order valence-electron chi connectivity index (χ0n) is 32.1. The molecule has 4 bridgehead atoms. The molecule has 3 aromatic carbocycles. The lowest BCUT2D eigenvalue weighted by molar-refractivity contribution is -0.196. The molecule has 0 saturated carbocycles. The highest BCUT2D eigenvalue weighted by Crippen LogP contribution is 2.71. The minimum Gasteiger partial charge on any atom is -0.504 e. The second-order valence-corrected chi connectivity index (χ2v) is 17.9. The first-order valence-electron chi connectivity index (χ1n) is 19.4. The molecule has 12 rings (SSSR count). The van der Waals surface area contributed by atoms with Gasteiger partial charge in [-0.05, 0) is 50.5 Å². The molecule has 3 saturated heterocycles. The van der Waals surface area contributed by atoms with Gasteiger partial charge in [-0.15, -0.1) is 11.8 Å². The van der Waals surface area contributed by atoms with Crippen LogP contribution in [0.15, 0.2) is 34.7 Å². The van der Waals surface area contributed by atoms with Gasteiger partial charge >= 0.3 is 11.9 Å². The first-order chi connectivity index (χ1) is 27.3. The Morgan fingerprint density at radius 3 is 2.67 bits per heavy atom. The summed E-state index contributed by atoms with van der Waals surface area (Å²) in [6.45, 7) is 6.94. The number of hydrogen-bond acceptors (Lipinski definition) is 15. The minimum atomic E-state index is -1.53. The van der Waals surface area contributed by atoms with Crippen molar-refractivity contribution in [2.24, 2.45) is 0 Å². The van der Waals surface area contributed by atoms with Crippen LogP contribution < -0.4 is 24.3 Å². The van der Waals surface area contributed by atoms with Crippen molar-refractivity contribution in [2.45, 2.75) is 86.8 Å². The van der Waals surface area contributed by atoms with Crippen LogP contribution in [0, 0.1) is 13.8 Å². The number of esters is 2. The lowest BCUT2D eigenvalue weighted by atomic mass is 9.75. The van der Waals surface area contributed by atoms with Crippen molar-refractivity contribution >= 4 is 34.7 Å². The van der Waals surface area contributed by atoms with Crippen molar-refractivity contribution in [3.63, 3.8) is 0 Å². The molecule has 8 aliphatic heterocycles. The molecular weight excluding hydrogens is 755 g/mol. The van der Waals surface area contributed by atoms with Crippen LogP contribution in [-0.4, -0.2) is 94.3 Å². The number of nitrogens with one attached hydrogen (secondary N) is 1. The molecule has 57 heavy (non-hydrogen) atoms. The summed E-state index contributed by atoms with van der Waals surface area (Å²) in [6.07, 6.45) is 0.740. The summed E-state index contributed by atoms with van der Waals surface area (Å²) in [5, 5.41) is 39.7. The summed E-state index contributed by atoms with van der Waals surface area (Å²) in [6, 6.07) is 7.33. The van der Waals surface area contributed by atoms with Crippen LogP contribution in [0.3, 0.4) is 0 Å². The number of hydrogen-bond donors (Lipinski definition) is 4. The third-order valence-electron chi connectivity index (χ3n) is 13.7. The lowest BCUT2D eigenvalue weighted by Gasteiger charge is -2.59. The minimum absolute atomic E-state index is 0.0494. The largest absolute Gasteiger partial charge is 0.504 e. The number of para-hydroxylation sites is 1. The maximum absolute atomic E-state index is 15.0. The zero-order chi connectivity index (χ0) is 39.5. The molecule has 3 fully saturated rings. The molecule has 15 heteroatoms. The Kier molecular flexibility index (Phi) is 7.37. The van der Waals surface area contributed by atoms with E-state index in [1.807, 2.05) is 38.1 Å². The van der Waals surface area contributed by atoms with Crippen LogP contribution in [0.1, 0.15) is 82.3 Å². The quantitative estimate of drug-likeness (QED) is 0.171. The average molecular weight is 798 g/mol. The van der Waals surface area contributed by atoms with Crippen LogP contribution in [0.4, 0.5) is 0 Å². The van der Waals surface area contributed by atoms with E-state index in [4.69, 9.17) is 28.1 Å². The van der Waals surface area contributed by atoms with Gasteiger partial charge in [0.25, 0.3) is 0 Å². The van der Waals surface area contributed by atoms with Crippen LogP contribution in [-0.2, 0) is 31.8 Å². The van der Waals surface area contributed by atoms with E-state index in [2.05, 4.69) is 28.1 Å². The number of aryl methyl sites for hydroxylation is 1. The number of carbonyl (C=O) groups is 2. The number of fused-ring (bicyclic) bond motifs is 11. The summed E-state index contributed by atoms with van der Waals surface area (Å²) >= 11 is 1.45. The van der Waals surface area contributed by atoms with Crippen LogP contribution >= 0.6 is 11.8 Å². The molecule has 0 aliphatic carbocycles. The highest BCUT2D eigenvalue weighted by molar-refractivity contribution is 7.99. The van der Waals surface area contributed by atoms with E-state index in [1.54, 1.807) is 7.11 Å². The average Bonchev–Trinajstić information content (AvgIpc) is 3.93. The van der Waals surface area contributed by atoms with E-state index in [1.165, 1.54) is 18.7 Å². The molecule has 298 valence electrons. The summed E-state index contributed by atoms with van der Waals surface area (Å²) < 4.78 is 37.3. The van der Waals surface area contributed by atoms with Gasteiger partial charge in [-0.1, -0.05) is 18.2 Å². The van der Waals surface area contributed by atoms with Gasteiger partial charge in [-0.3, -0.25) is 19.9 Å². The molecule has 0 amide bonds. The maximum Gasteiger partial charge on any atom is 0.335 e. The number of piperazine rings is 1. The number of nitrogens with zero attached hydrogens (tertiary/aromatic N) is 2. The maximum atomic E-state index is 15.0. The van der Waals surface area contributed by atoms with Crippen LogP contribution in [0.2, 0.25) is 0 Å². The van der Waals surface area contributed by atoms with Gasteiger partial charge in [0.15, 0.2) is 28.5 Å². The van der Waals surface area contributed by atoms with Gasteiger partial charge in [0.05, 0.1) is 31.1 Å². The lowest BCUT2D eigenvalue weighted by Crippen LogP contribution is -2.67. The number of ether oxygens (including phenoxy) is 5. The van der Waals surface area contributed by atoms with Crippen molar-refractivity contribution in [1.82, 2.24) is 15.1 Å². The number of phenolic OH excluding ortho intramolecular Hbond substituents is 1. The molecule has 4 aromatic rings.